The summed E-state index contributed by atoms with van der Waals surface area (Å²) >= 11 is 6.21. The van der Waals surface area contributed by atoms with Gasteiger partial charge < -0.3 is 14.5 Å². The van der Waals surface area contributed by atoms with Crippen molar-refractivity contribution >= 4 is 17.5 Å². The molecule has 2 fully saturated rings. The second-order valence-corrected chi connectivity index (χ2v) is 8.11. The Hall–Kier alpha value is -1.26. The molecule has 4 nitrogen and oxygen atoms in total. The third-order valence-electron chi connectivity index (χ3n) is 5.70. The molecule has 0 radical (unpaired) electrons. The normalized spacial score (nSPS) is 21.2. The van der Waals surface area contributed by atoms with E-state index in [1.165, 1.54) is 32.4 Å². The zero-order valence-corrected chi connectivity index (χ0v) is 16.9. The number of benzene rings is 1. The molecule has 2 aliphatic heterocycles. The van der Waals surface area contributed by atoms with Crippen molar-refractivity contribution in [3.05, 3.63) is 28.3 Å². The quantitative estimate of drug-likeness (QED) is 0.743. The smallest absolute Gasteiger partial charge is 0.260 e. The van der Waals surface area contributed by atoms with Gasteiger partial charge in [0.25, 0.3) is 5.91 Å². The van der Waals surface area contributed by atoms with Crippen molar-refractivity contribution in [2.24, 2.45) is 0 Å². The molecule has 2 heterocycles. The van der Waals surface area contributed by atoms with Gasteiger partial charge in [0.05, 0.1) is 0 Å². The molecule has 2 saturated heterocycles. The van der Waals surface area contributed by atoms with E-state index >= 15 is 0 Å². The zero-order chi connectivity index (χ0) is 18.5. The number of carbonyl (C=O) groups excluding carboxylic acids is 1. The Morgan fingerprint density at radius 3 is 2.46 bits per heavy atom. The molecule has 3 rings (SSSR count). The molecule has 0 saturated carbocycles. The van der Waals surface area contributed by atoms with Crippen molar-refractivity contribution in [1.29, 1.82) is 0 Å². The third kappa shape index (κ3) is 4.92. The minimum Gasteiger partial charge on any atom is -0.484 e. The lowest BCUT2D eigenvalue weighted by Gasteiger charge is -2.36. The van der Waals surface area contributed by atoms with E-state index in [0.29, 0.717) is 6.04 Å². The molecule has 144 valence electrons. The molecular weight excluding hydrogens is 348 g/mol. The number of nitrogens with zero attached hydrogens (tertiary/aromatic N) is 2. The van der Waals surface area contributed by atoms with Gasteiger partial charge in [-0.05, 0) is 88.7 Å². The van der Waals surface area contributed by atoms with Crippen LogP contribution in [0.15, 0.2) is 12.1 Å². The maximum atomic E-state index is 12.8. The summed E-state index contributed by atoms with van der Waals surface area (Å²) < 4.78 is 5.80. The van der Waals surface area contributed by atoms with Crippen LogP contribution in [0.5, 0.6) is 5.75 Å². The molecule has 2 aliphatic rings. The first-order valence-electron chi connectivity index (χ1n) is 9.96. The zero-order valence-electron chi connectivity index (χ0n) is 16.1. The number of hydrogen-bond donors (Lipinski definition) is 0. The molecule has 5 heteroatoms. The molecule has 0 aliphatic carbocycles. The minimum atomic E-state index is 0.112. The lowest BCUT2D eigenvalue weighted by Crippen LogP contribution is -2.47. The lowest BCUT2D eigenvalue weighted by atomic mass is 9.99. The first kappa shape index (κ1) is 19.5. The molecule has 1 aromatic carbocycles. The highest BCUT2D eigenvalue weighted by Crippen LogP contribution is 2.26. The van der Waals surface area contributed by atoms with Crippen LogP contribution in [-0.4, -0.2) is 54.5 Å². The van der Waals surface area contributed by atoms with Crippen LogP contribution in [0.2, 0.25) is 5.02 Å². The van der Waals surface area contributed by atoms with Gasteiger partial charge in [-0.2, -0.15) is 0 Å². The molecule has 1 atom stereocenters. The second-order valence-electron chi connectivity index (χ2n) is 7.73. The van der Waals surface area contributed by atoms with Crippen LogP contribution in [0, 0.1) is 13.8 Å². The highest BCUT2D eigenvalue weighted by atomic mass is 35.5. The van der Waals surface area contributed by atoms with E-state index in [0.717, 1.165) is 54.3 Å². The predicted octanol–water partition coefficient (Wildman–Crippen LogP) is 4.20. The summed E-state index contributed by atoms with van der Waals surface area (Å²) in [6.45, 7) is 8.46. The molecule has 0 N–H and O–H groups in total. The van der Waals surface area contributed by atoms with Crippen molar-refractivity contribution in [1.82, 2.24) is 9.80 Å². The molecule has 0 aromatic heterocycles. The summed E-state index contributed by atoms with van der Waals surface area (Å²) in [5.41, 5.74) is 1.96. The van der Waals surface area contributed by atoms with Gasteiger partial charge in [0.2, 0.25) is 0 Å². The fourth-order valence-corrected chi connectivity index (χ4v) is 4.29. The van der Waals surface area contributed by atoms with Crippen LogP contribution in [0.4, 0.5) is 0 Å². The maximum absolute atomic E-state index is 12.8. The van der Waals surface area contributed by atoms with Crippen molar-refractivity contribution in [2.45, 2.75) is 58.4 Å². The van der Waals surface area contributed by atoms with E-state index in [9.17, 15) is 4.79 Å². The van der Waals surface area contributed by atoms with E-state index < -0.39 is 0 Å². The Kier molecular flexibility index (Phi) is 6.82. The van der Waals surface area contributed by atoms with E-state index in [1.54, 1.807) is 0 Å². The Morgan fingerprint density at radius 2 is 1.77 bits per heavy atom. The number of likely N-dealkylation sites (tertiary alicyclic amines) is 2. The lowest BCUT2D eigenvalue weighted by molar-refractivity contribution is -0.137. The van der Waals surface area contributed by atoms with Gasteiger partial charge in [0, 0.05) is 24.2 Å². The summed E-state index contributed by atoms with van der Waals surface area (Å²) in [6, 6.07) is 4.18. The number of ether oxygens (including phenoxy) is 1. The topological polar surface area (TPSA) is 32.8 Å². The van der Waals surface area contributed by atoms with Gasteiger partial charge in [0.1, 0.15) is 5.75 Å². The Bertz CT molecular complexity index is 605. The Balaban J connectivity index is 1.54. The second kappa shape index (κ2) is 9.09. The summed E-state index contributed by atoms with van der Waals surface area (Å²) in [4.78, 5) is 17.4. The number of aryl methyl sites for hydroxylation is 2. The van der Waals surface area contributed by atoms with E-state index in [4.69, 9.17) is 16.3 Å². The first-order chi connectivity index (χ1) is 12.5. The molecule has 26 heavy (non-hydrogen) atoms. The third-order valence-corrected chi connectivity index (χ3v) is 6.29. The highest BCUT2D eigenvalue weighted by molar-refractivity contribution is 6.32. The molecule has 0 spiro atoms. The van der Waals surface area contributed by atoms with Gasteiger partial charge in [-0.3, -0.25) is 4.79 Å². The van der Waals surface area contributed by atoms with Gasteiger partial charge in [0.15, 0.2) is 6.61 Å². The average molecular weight is 379 g/mol. The van der Waals surface area contributed by atoms with Crippen LogP contribution in [-0.2, 0) is 4.79 Å². The largest absolute Gasteiger partial charge is 0.484 e. The summed E-state index contributed by atoms with van der Waals surface area (Å²) in [7, 11) is 0. The van der Waals surface area contributed by atoms with E-state index in [-0.39, 0.29) is 12.5 Å². The Morgan fingerprint density at radius 1 is 1.12 bits per heavy atom. The van der Waals surface area contributed by atoms with Crippen LogP contribution >= 0.6 is 11.6 Å². The van der Waals surface area contributed by atoms with E-state index in [2.05, 4.69) is 9.80 Å². The average Bonchev–Trinajstić information content (AvgIpc) is 3.16. The monoisotopic (exact) mass is 378 g/mol. The molecule has 0 bridgehead atoms. The van der Waals surface area contributed by atoms with Gasteiger partial charge in [-0.1, -0.05) is 11.6 Å². The number of amides is 1. The predicted molar refractivity (Wildman–Crippen MR) is 106 cm³/mol. The number of hydrogen-bond acceptors (Lipinski definition) is 3. The van der Waals surface area contributed by atoms with Crippen molar-refractivity contribution in [3.8, 4) is 5.75 Å². The number of piperidine rings is 1. The fourth-order valence-electron chi connectivity index (χ4n) is 4.18. The van der Waals surface area contributed by atoms with Gasteiger partial charge in [-0.15, -0.1) is 0 Å². The maximum Gasteiger partial charge on any atom is 0.260 e. The molecule has 1 aromatic rings. The summed E-state index contributed by atoms with van der Waals surface area (Å²) in [5, 5.41) is 0.765. The van der Waals surface area contributed by atoms with Gasteiger partial charge >= 0.3 is 0 Å². The van der Waals surface area contributed by atoms with Crippen molar-refractivity contribution in [2.75, 3.05) is 32.8 Å². The highest BCUT2D eigenvalue weighted by Gasteiger charge is 2.27. The van der Waals surface area contributed by atoms with Crippen LogP contribution in [0.25, 0.3) is 0 Å². The molecular formula is C21H31ClN2O2. The van der Waals surface area contributed by atoms with Crippen LogP contribution in [0.3, 0.4) is 0 Å². The first-order valence-corrected chi connectivity index (χ1v) is 10.3. The fraction of sp³-hybridized carbons (Fsp3) is 0.667. The van der Waals surface area contributed by atoms with Crippen molar-refractivity contribution < 1.29 is 9.53 Å². The van der Waals surface area contributed by atoms with Crippen LogP contribution < -0.4 is 4.74 Å². The number of halogens is 1. The number of carbonyl (C=O) groups is 1. The van der Waals surface area contributed by atoms with Crippen LogP contribution in [0.1, 0.15) is 49.7 Å². The summed E-state index contributed by atoms with van der Waals surface area (Å²) in [5.74, 6) is 0.838. The SMILES string of the molecule is Cc1cc(OCC(=O)N2CCCC[C@@H]2CCN2CCCC2)cc(C)c1Cl. The minimum absolute atomic E-state index is 0.112. The summed E-state index contributed by atoms with van der Waals surface area (Å²) in [6.07, 6.45) is 7.18. The van der Waals surface area contributed by atoms with Crippen molar-refractivity contribution in [3.63, 3.8) is 0 Å². The molecule has 1 amide bonds. The van der Waals surface area contributed by atoms with E-state index in [1.807, 2.05) is 26.0 Å². The standard InChI is InChI=1S/C21H31ClN2O2/c1-16-13-19(14-17(2)21(16)22)26-15-20(25)24-11-4-3-7-18(24)8-12-23-9-5-6-10-23/h13-14,18H,3-12,15H2,1-2H3/t18-/m1/s1. The number of rotatable bonds is 6. The van der Waals surface area contributed by atoms with Gasteiger partial charge in [-0.25, -0.2) is 0 Å². The Labute approximate surface area is 162 Å². The molecule has 0 unspecified atom stereocenters.